The Balaban J connectivity index is 2.36. The smallest absolute Gasteiger partial charge is 0.263 e. The molecular formula is C15H21N3O2S. The normalized spacial score (nSPS) is 14.1. The average Bonchev–Trinajstić information content (AvgIpc) is 2.74. The van der Waals surface area contributed by atoms with Crippen LogP contribution in [-0.4, -0.2) is 28.6 Å². The number of carbonyl (C=O) groups is 1. The number of aliphatic hydroxyl groups excluding tert-OH is 1. The summed E-state index contributed by atoms with van der Waals surface area (Å²) < 4.78 is 0. The highest BCUT2D eigenvalue weighted by Gasteiger charge is 2.21. The molecule has 0 radical (unpaired) electrons. The van der Waals surface area contributed by atoms with Gasteiger partial charge in [0.15, 0.2) is 0 Å². The molecule has 6 heteroatoms. The minimum Gasteiger partial charge on any atom is -0.397 e. The summed E-state index contributed by atoms with van der Waals surface area (Å²) in [6.07, 6.45) is 0. The molecular weight excluding hydrogens is 286 g/mol. The van der Waals surface area contributed by atoms with Crippen LogP contribution in [0.25, 0.3) is 10.2 Å². The molecule has 5 nitrogen and oxygen atoms in total. The van der Waals surface area contributed by atoms with E-state index in [1.165, 1.54) is 11.3 Å². The Morgan fingerprint density at radius 1 is 1.48 bits per heavy atom. The molecule has 2 atom stereocenters. The second-order valence-electron chi connectivity index (χ2n) is 5.53. The molecule has 0 fully saturated rings. The third-order valence-electron chi connectivity index (χ3n) is 3.73. The van der Waals surface area contributed by atoms with Crippen LogP contribution < -0.4 is 11.1 Å². The number of nitrogen functional groups attached to an aromatic ring is 1. The van der Waals surface area contributed by atoms with E-state index in [-0.39, 0.29) is 24.5 Å². The molecule has 114 valence electrons. The number of aromatic nitrogens is 1. The number of amides is 1. The van der Waals surface area contributed by atoms with Crippen LogP contribution in [0.2, 0.25) is 0 Å². The van der Waals surface area contributed by atoms with Crippen LogP contribution in [-0.2, 0) is 0 Å². The number of pyridine rings is 1. The molecule has 0 saturated heterocycles. The molecule has 0 aliphatic carbocycles. The van der Waals surface area contributed by atoms with Crippen LogP contribution in [0.5, 0.6) is 0 Å². The monoisotopic (exact) mass is 307 g/mol. The summed E-state index contributed by atoms with van der Waals surface area (Å²) in [5, 5.41) is 12.9. The lowest BCUT2D eigenvalue weighted by Crippen LogP contribution is -2.38. The molecule has 2 heterocycles. The van der Waals surface area contributed by atoms with Gasteiger partial charge in [0.1, 0.15) is 9.71 Å². The van der Waals surface area contributed by atoms with Crippen molar-refractivity contribution in [3.8, 4) is 0 Å². The summed E-state index contributed by atoms with van der Waals surface area (Å²) in [6.45, 7) is 7.68. The highest BCUT2D eigenvalue weighted by Crippen LogP contribution is 2.34. The molecule has 0 aliphatic heterocycles. The van der Waals surface area contributed by atoms with Crippen molar-refractivity contribution in [3.05, 3.63) is 22.2 Å². The summed E-state index contributed by atoms with van der Waals surface area (Å²) in [4.78, 5) is 18.1. The quantitative estimate of drug-likeness (QED) is 0.808. The van der Waals surface area contributed by atoms with E-state index >= 15 is 0 Å². The first-order valence-electron chi connectivity index (χ1n) is 6.93. The Labute approximate surface area is 128 Å². The van der Waals surface area contributed by atoms with Crippen molar-refractivity contribution in [2.24, 2.45) is 5.92 Å². The molecule has 0 aromatic carbocycles. The Morgan fingerprint density at radius 2 is 2.14 bits per heavy atom. The minimum atomic E-state index is -0.208. The lowest BCUT2D eigenvalue weighted by molar-refractivity contribution is 0.0921. The van der Waals surface area contributed by atoms with E-state index in [0.717, 1.165) is 21.5 Å². The fourth-order valence-electron chi connectivity index (χ4n) is 2.21. The van der Waals surface area contributed by atoms with Crippen molar-refractivity contribution in [1.29, 1.82) is 0 Å². The largest absolute Gasteiger partial charge is 0.397 e. The summed E-state index contributed by atoms with van der Waals surface area (Å²) in [7, 11) is 0. The van der Waals surface area contributed by atoms with E-state index in [9.17, 15) is 4.79 Å². The number of anilines is 1. The molecule has 4 N–H and O–H groups in total. The van der Waals surface area contributed by atoms with Gasteiger partial charge in [-0.25, -0.2) is 4.98 Å². The first-order chi connectivity index (χ1) is 9.85. The second kappa shape index (κ2) is 5.99. The maximum absolute atomic E-state index is 12.4. The Bertz CT molecular complexity index is 681. The lowest BCUT2D eigenvalue weighted by Gasteiger charge is -2.18. The zero-order chi connectivity index (χ0) is 15.7. The van der Waals surface area contributed by atoms with Gasteiger partial charge in [0, 0.05) is 23.7 Å². The summed E-state index contributed by atoms with van der Waals surface area (Å²) in [5.41, 5.74) is 8.56. The van der Waals surface area contributed by atoms with Gasteiger partial charge in [-0.1, -0.05) is 6.92 Å². The zero-order valence-corrected chi connectivity index (χ0v) is 13.5. The van der Waals surface area contributed by atoms with Crippen LogP contribution in [0.4, 0.5) is 5.69 Å². The molecule has 2 aromatic rings. The SMILES string of the molecule is Cc1cc(C)c2c(N)c(C(=O)NC(C)C(C)CO)sc2n1. The number of aryl methyl sites for hydroxylation is 2. The van der Waals surface area contributed by atoms with Crippen LogP contribution in [0.3, 0.4) is 0 Å². The highest BCUT2D eigenvalue weighted by molar-refractivity contribution is 7.21. The van der Waals surface area contributed by atoms with Gasteiger partial charge in [0.25, 0.3) is 5.91 Å². The van der Waals surface area contributed by atoms with Crippen LogP contribution in [0, 0.1) is 19.8 Å². The summed E-state index contributed by atoms with van der Waals surface area (Å²) in [6, 6.07) is 1.84. The molecule has 1 amide bonds. The van der Waals surface area contributed by atoms with Crippen molar-refractivity contribution in [2.75, 3.05) is 12.3 Å². The topological polar surface area (TPSA) is 88.2 Å². The molecule has 21 heavy (non-hydrogen) atoms. The molecule has 2 unspecified atom stereocenters. The number of rotatable bonds is 4. The standard InChI is InChI=1S/C15H21N3O2S/c1-7-5-9(3)17-15-11(7)12(16)13(21-15)14(20)18-10(4)8(2)6-19/h5,8,10,19H,6,16H2,1-4H3,(H,18,20). The zero-order valence-electron chi connectivity index (χ0n) is 12.7. The van der Waals surface area contributed by atoms with Gasteiger partial charge in [0.2, 0.25) is 0 Å². The fourth-order valence-corrected chi connectivity index (χ4v) is 3.33. The molecule has 2 rings (SSSR count). The number of fused-ring (bicyclic) bond motifs is 1. The predicted octanol–water partition coefficient (Wildman–Crippen LogP) is 2.24. The van der Waals surface area contributed by atoms with Crippen molar-refractivity contribution < 1.29 is 9.90 Å². The third-order valence-corrected chi connectivity index (χ3v) is 4.83. The number of thiophene rings is 1. The van der Waals surface area contributed by atoms with Gasteiger partial charge in [-0.15, -0.1) is 11.3 Å². The number of aliphatic hydroxyl groups is 1. The summed E-state index contributed by atoms with van der Waals surface area (Å²) >= 11 is 1.31. The van der Waals surface area contributed by atoms with Gasteiger partial charge in [-0.05, 0) is 38.3 Å². The number of nitrogens with two attached hydrogens (primary N) is 1. The minimum absolute atomic E-state index is 0.00772. The highest BCUT2D eigenvalue weighted by atomic mass is 32.1. The van der Waals surface area contributed by atoms with Gasteiger partial charge < -0.3 is 16.2 Å². The number of nitrogens with zero attached hydrogens (tertiary/aromatic N) is 1. The van der Waals surface area contributed by atoms with E-state index in [4.69, 9.17) is 10.8 Å². The molecule has 0 bridgehead atoms. The predicted molar refractivity (Wildman–Crippen MR) is 86.7 cm³/mol. The van der Waals surface area contributed by atoms with Crippen molar-refractivity contribution in [2.45, 2.75) is 33.7 Å². The fraction of sp³-hybridized carbons (Fsp3) is 0.467. The van der Waals surface area contributed by atoms with Crippen molar-refractivity contribution in [1.82, 2.24) is 10.3 Å². The van der Waals surface area contributed by atoms with Gasteiger partial charge in [-0.2, -0.15) is 0 Å². The Morgan fingerprint density at radius 3 is 2.76 bits per heavy atom. The van der Waals surface area contributed by atoms with Crippen LogP contribution in [0.1, 0.15) is 34.8 Å². The number of hydrogen-bond donors (Lipinski definition) is 3. The molecule has 0 saturated carbocycles. The summed E-state index contributed by atoms with van der Waals surface area (Å²) in [5.74, 6) is -0.216. The van der Waals surface area contributed by atoms with E-state index < -0.39 is 0 Å². The van der Waals surface area contributed by atoms with Crippen molar-refractivity contribution >= 4 is 33.1 Å². The van der Waals surface area contributed by atoms with Crippen LogP contribution in [0.15, 0.2) is 6.07 Å². The number of carbonyl (C=O) groups excluding carboxylic acids is 1. The van der Waals surface area contributed by atoms with E-state index in [1.807, 2.05) is 33.8 Å². The van der Waals surface area contributed by atoms with Gasteiger partial charge in [-0.3, -0.25) is 4.79 Å². The third kappa shape index (κ3) is 3.01. The molecule has 2 aromatic heterocycles. The van der Waals surface area contributed by atoms with E-state index in [1.54, 1.807) is 0 Å². The van der Waals surface area contributed by atoms with E-state index in [0.29, 0.717) is 10.6 Å². The maximum atomic E-state index is 12.4. The number of hydrogen-bond acceptors (Lipinski definition) is 5. The van der Waals surface area contributed by atoms with Crippen LogP contribution >= 0.6 is 11.3 Å². The Kier molecular flexibility index (Phi) is 4.49. The second-order valence-corrected chi connectivity index (χ2v) is 6.53. The first kappa shape index (κ1) is 15.7. The number of nitrogens with one attached hydrogen (secondary N) is 1. The first-order valence-corrected chi connectivity index (χ1v) is 7.74. The van der Waals surface area contributed by atoms with E-state index in [2.05, 4.69) is 10.3 Å². The van der Waals surface area contributed by atoms with Gasteiger partial charge >= 0.3 is 0 Å². The Hall–Kier alpha value is -1.66. The lowest BCUT2D eigenvalue weighted by atomic mass is 10.1. The molecule has 0 aliphatic rings. The maximum Gasteiger partial charge on any atom is 0.263 e. The van der Waals surface area contributed by atoms with Gasteiger partial charge in [0.05, 0.1) is 5.69 Å². The van der Waals surface area contributed by atoms with Crippen molar-refractivity contribution in [3.63, 3.8) is 0 Å². The molecule has 0 spiro atoms. The average molecular weight is 307 g/mol.